The van der Waals surface area contributed by atoms with E-state index < -0.39 is 5.56 Å². The molecule has 3 heterocycles. The number of likely N-dealkylation sites (tertiary alicyclic amines) is 1. The highest BCUT2D eigenvalue weighted by Gasteiger charge is 2.26. The molecule has 3 rings (SSSR count). The minimum atomic E-state index is -0.411. The van der Waals surface area contributed by atoms with Crippen LogP contribution < -0.4 is 10.3 Å². The van der Waals surface area contributed by atoms with Gasteiger partial charge in [-0.1, -0.05) is 11.6 Å². The molecular weight excluding hydrogens is 332 g/mol. The highest BCUT2D eigenvalue weighted by atomic mass is 35.5. The van der Waals surface area contributed by atoms with Crippen LogP contribution in [0.1, 0.15) is 28.9 Å². The molecule has 1 saturated heterocycles. The molecule has 0 spiro atoms. The van der Waals surface area contributed by atoms with Crippen molar-refractivity contribution in [2.24, 2.45) is 0 Å². The van der Waals surface area contributed by atoms with Crippen molar-refractivity contribution in [1.82, 2.24) is 20.1 Å². The Hall–Kier alpha value is -2.41. The standard InChI is InChI=1S/C16H17ClN4O3/c1-10-4-5-14(20-19-10)24-12-3-2-6-21(9-12)16(23)11-7-13(17)15(22)18-8-11/h4-5,7-8,12H,2-3,6,9H2,1H3,(H,18,22)/t12-/m0/s1. The smallest absolute Gasteiger partial charge is 0.266 e. The van der Waals surface area contributed by atoms with E-state index in [4.69, 9.17) is 16.3 Å². The second kappa shape index (κ2) is 7.00. The number of nitrogens with one attached hydrogen (secondary N) is 1. The summed E-state index contributed by atoms with van der Waals surface area (Å²) >= 11 is 5.79. The highest BCUT2D eigenvalue weighted by molar-refractivity contribution is 6.30. The van der Waals surface area contributed by atoms with Gasteiger partial charge in [-0.15, -0.1) is 5.10 Å². The second-order valence-corrected chi connectivity index (χ2v) is 6.12. The normalized spacial score (nSPS) is 17.6. The molecule has 0 saturated carbocycles. The van der Waals surface area contributed by atoms with Gasteiger partial charge >= 0.3 is 0 Å². The number of piperidine rings is 1. The molecule has 0 bridgehead atoms. The van der Waals surface area contributed by atoms with Crippen LogP contribution >= 0.6 is 11.6 Å². The minimum absolute atomic E-state index is 0.000546. The van der Waals surface area contributed by atoms with Crippen LogP contribution in [0.25, 0.3) is 0 Å². The van der Waals surface area contributed by atoms with Gasteiger partial charge in [-0.3, -0.25) is 9.59 Å². The molecule has 7 nitrogen and oxygen atoms in total. The van der Waals surface area contributed by atoms with E-state index in [0.29, 0.717) is 24.5 Å². The van der Waals surface area contributed by atoms with E-state index in [1.165, 1.54) is 12.3 Å². The third kappa shape index (κ3) is 3.73. The quantitative estimate of drug-likeness (QED) is 0.913. The lowest BCUT2D eigenvalue weighted by Gasteiger charge is -2.32. The Morgan fingerprint density at radius 1 is 1.42 bits per heavy atom. The van der Waals surface area contributed by atoms with Crippen LogP contribution in [-0.4, -0.2) is 45.2 Å². The maximum absolute atomic E-state index is 12.6. The summed E-state index contributed by atoms with van der Waals surface area (Å²) in [6.07, 6.45) is 2.91. The van der Waals surface area contributed by atoms with E-state index in [9.17, 15) is 9.59 Å². The number of hydrogen-bond acceptors (Lipinski definition) is 5. The third-order valence-electron chi connectivity index (χ3n) is 3.83. The Labute approximate surface area is 143 Å². The van der Waals surface area contributed by atoms with Crippen LogP contribution in [0.4, 0.5) is 0 Å². The highest BCUT2D eigenvalue weighted by Crippen LogP contribution is 2.18. The summed E-state index contributed by atoms with van der Waals surface area (Å²) in [5, 5.41) is 7.95. The van der Waals surface area contributed by atoms with Gasteiger partial charge in [0.2, 0.25) is 5.88 Å². The van der Waals surface area contributed by atoms with E-state index in [1.54, 1.807) is 11.0 Å². The van der Waals surface area contributed by atoms with Gasteiger partial charge in [0, 0.05) is 18.8 Å². The number of aromatic amines is 1. The number of aromatic nitrogens is 3. The Morgan fingerprint density at radius 3 is 2.96 bits per heavy atom. The Kier molecular flexibility index (Phi) is 4.80. The summed E-state index contributed by atoms with van der Waals surface area (Å²) in [4.78, 5) is 28.0. The molecule has 2 aromatic rings. The van der Waals surface area contributed by atoms with Crippen LogP contribution in [-0.2, 0) is 0 Å². The first-order valence-electron chi connectivity index (χ1n) is 7.67. The lowest BCUT2D eigenvalue weighted by atomic mass is 10.1. The first-order chi connectivity index (χ1) is 11.5. The van der Waals surface area contributed by atoms with Crippen molar-refractivity contribution < 1.29 is 9.53 Å². The van der Waals surface area contributed by atoms with Gasteiger partial charge in [0.25, 0.3) is 11.5 Å². The molecule has 0 aromatic carbocycles. The largest absolute Gasteiger partial charge is 0.471 e. The number of halogens is 1. The van der Waals surface area contributed by atoms with Crippen LogP contribution in [0.5, 0.6) is 5.88 Å². The number of carbonyl (C=O) groups is 1. The fraction of sp³-hybridized carbons (Fsp3) is 0.375. The Balaban J connectivity index is 1.68. The van der Waals surface area contributed by atoms with Gasteiger partial charge in [-0.25, -0.2) is 0 Å². The maximum Gasteiger partial charge on any atom is 0.266 e. The van der Waals surface area contributed by atoms with Crippen molar-refractivity contribution in [2.75, 3.05) is 13.1 Å². The zero-order valence-electron chi connectivity index (χ0n) is 13.2. The molecule has 24 heavy (non-hydrogen) atoms. The molecular formula is C16H17ClN4O3. The van der Waals surface area contributed by atoms with E-state index in [-0.39, 0.29) is 17.0 Å². The van der Waals surface area contributed by atoms with Gasteiger partial charge in [0.05, 0.1) is 17.8 Å². The molecule has 1 aliphatic heterocycles. The molecule has 1 N–H and O–H groups in total. The average molecular weight is 349 g/mol. The fourth-order valence-corrected chi connectivity index (χ4v) is 2.77. The minimum Gasteiger partial charge on any atom is -0.471 e. The lowest BCUT2D eigenvalue weighted by Crippen LogP contribution is -2.44. The molecule has 1 amide bonds. The van der Waals surface area contributed by atoms with Crippen molar-refractivity contribution in [3.63, 3.8) is 0 Å². The molecule has 0 aliphatic carbocycles. The number of ether oxygens (including phenoxy) is 1. The van der Waals surface area contributed by atoms with Crippen LogP contribution in [0.2, 0.25) is 5.02 Å². The summed E-state index contributed by atoms with van der Waals surface area (Å²) in [6, 6.07) is 4.99. The number of carbonyl (C=O) groups excluding carboxylic acids is 1. The Bertz CT molecular complexity index is 791. The van der Waals surface area contributed by atoms with Crippen molar-refractivity contribution in [3.05, 3.63) is 51.0 Å². The third-order valence-corrected chi connectivity index (χ3v) is 4.11. The molecule has 1 fully saturated rings. The van der Waals surface area contributed by atoms with Gasteiger partial charge < -0.3 is 14.6 Å². The molecule has 2 aromatic heterocycles. The molecule has 0 radical (unpaired) electrons. The van der Waals surface area contributed by atoms with Gasteiger partial charge in [0.15, 0.2) is 0 Å². The SMILES string of the molecule is Cc1ccc(O[C@H]2CCCN(C(=O)c3c[nH]c(=O)c(Cl)c3)C2)nn1. The summed E-state index contributed by atoms with van der Waals surface area (Å²) < 4.78 is 5.82. The van der Waals surface area contributed by atoms with Crippen LogP contribution in [0.15, 0.2) is 29.2 Å². The van der Waals surface area contributed by atoms with Crippen LogP contribution in [0.3, 0.4) is 0 Å². The number of pyridine rings is 1. The number of H-pyrrole nitrogens is 1. The number of rotatable bonds is 3. The summed E-state index contributed by atoms with van der Waals surface area (Å²) in [7, 11) is 0. The van der Waals surface area contributed by atoms with Crippen molar-refractivity contribution in [1.29, 1.82) is 0 Å². The van der Waals surface area contributed by atoms with Crippen molar-refractivity contribution in [2.45, 2.75) is 25.9 Å². The fourth-order valence-electron chi connectivity index (χ4n) is 2.60. The number of nitrogens with zero attached hydrogens (tertiary/aromatic N) is 3. The molecule has 1 atom stereocenters. The topological polar surface area (TPSA) is 88.2 Å². The zero-order chi connectivity index (χ0) is 17.1. The molecule has 0 unspecified atom stereocenters. The van der Waals surface area contributed by atoms with Gasteiger partial charge in [-0.2, -0.15) is 5.10 Å². The summed E-state index contributed by atoms with van der Waals surface area (Å²) in [6.45, 7) is 2.94. The molecule has 1 aliphatic rings. The average Bonchev–Trinajstić information content (AvgIpc) is 2.59. The first-order valence-corrected chi connectivity index (χ1v) is 8.05. The lowest BCUT2D eigenvalue weighted by molar-refractivity contribution is 0.0525. The first kappa shape index (κ1) is 16.4. The van der Waals surface area contributed by atoms with E-state index >= 15 is 0 Å². The van der Waals surface area contributed by atoms with E-state index in [0.717, 1.165) is 18.5 Å². The number of aryl methyl sites for hydroxylation is 1. The predicted octanol–water partition coefficient (Wildman–Crippen LogP) is 1.81. The Morgan fingerprint density at radius 2 is 2.25 bits per heavy atom. The van der Waals surface area contributed by atoms with Crippen LogP contribution in [0, 0.1) is 6.92 Å². The zero-order valence-corrected chi connectivity index (χ0v) is 13.9. The molecule has 126 valence electrons. The number of amides is 1. The van der Waals surface area contributed by atoms with Crippen molar-refractivity contribution >= 4 is 17.5 Å². The predicted molar refractivity (Wildman–Crippen MR) is 88.4 cm³/mol. The summed E-state index contributed by atoms with van der Waals surface area (Å²) in [5.41, 5.74) is 0.763. The van der Waals surface area contributed by atoms with Crippen molar-refractivity contribution in [3.8, 4) is 5.88 Å². The number of hydrogen-bond donors (Lipinski definition) is 1. The maximum atomic E-state index is 12.6. The van der Waals surface area contributed by atoms with E-state index in [1.807, 2.05) is 13.0 Å². The summed E-state index contributed by atoms with van der Waals surface area (Å²) in [5.74, 6) is 0.267. The van der Waals surface area contributed by atoms with Gasteiger partial charge in [0.1, 0.15) is 11.1 Å². The molecule has 8 heteroatoms. The van der Waals surface area contributed by atoms with Gasteiger partial charge in [-0.05, 0) is 31.9 Å². The second-order valence-electron chi connectivity index (χ2n) is 5.71. The van der Waals surface area contributed by atoms with E-state index in [2.05, 4.69) is 15.2 Å². The monoisotopic (exact) mass is 348 g/mol.